The van der Waals surface area contributed by atoms with Crippen molar-refractivity contribution in [3.05, 3.63) is 64.4 Å². The van der Waals surface area contributed by atoms with Crippen molar-refractivity contribution in [1.82, 2.24) is 0 Å². The Labute approximate surface area is 126 Å². The van der Waals surface area contributed by atoms with Gasteiger partial charge in [0.1, 0.15) is 11.9 Å². The first kappa shape index (κ1) is 13.8. The van der Waals surface area contributed by atoms with Crippen LogP contribution in [0.2, 0.25) is 5.02 Å². The SMILES string of the molecule is C[C@@H]1N=C(c2ccccc2F)c2cc(Cl)ccc2NC1=O. The number of amides is 1. The van der Waals surface area contributed by atoms with E-state index in [0.29, 0.717) is 27.5 Å². The number of nitrogens with one attached hydrogen (secondary N) is 1. The lowest BCUT2D eigenvalue weighted by molar-refractivity contribution is -0.116. The van der Waals surface area contributed by atoms with E-state index in [0.717, 1.165) is 0 Å². The van der Waals surface area contributed by atoms with E-state index in [-0.39, 0.29) is 11.7 Å². The molecule has 0 saturated carbocycles. The van der Waals surface area contributed by atoms with Crippen LogP contribution >= 0.6 is 11.6 Å². The lowest BCUT2D eigenvalue weighted by Crippen LogP contribution is -2.22. The molecule has 2 aromatic rings. The second kappa shape index (κ2) is 5.30. The van der Waals surface area contributed by atoms with Gasteiger partial charge in [0, 0.05) is 16.1 Å². The third kappa shape index (κ3) is 2.54. The van der Waals surface area contributed by atoms with E-state index in [4.69, 9.17) is 11.6 Å². The molecular weight excluding hydrogens is 291 g/mol. The van der Waals surface area contributed by atoms with Gasteiger partial charge in [0.05, 0.1) is 11.4 Å². The Morgan fingerprint density at radius 3 is 2.71 bits per heavy atom. The van der Waals surface area contributed by atoms with E-state index >= 15 is 0 Å². The number of aliphatic imine (C=N–C) groups is 1. The average Bonchev–Trinajstić information content (AvgIpc) is 2.58. The van der Waals surface area contributed by atoms with Gasteiger partial charge in [-0.05, 0) is 37.3 Å². The van der Waals surface area contributed by atoms with Crippen molar-refractivity contribution in [1.29, 1.82) is 0 Å². The normalized spacial score (nSPS) is 17.6. The zero-order valence-corrected chi connectivity index (χ0v) is 12.0. The number of anilines is 1. The summed E-state index contributed by atoms with van der Waals surface area (Å²) in [7, 11) is 0. The van der Waals surface area contributed by atoms with Crippen LogP contribution in [-0.2, 0) is 4.79 Å². The third-order valence-electron chi connectivity index (χ3n) is 3.33. The van der Waals surface area contributed by atoms with Gasteiger partial charge < -0.3 is 5.32 Å². The summed E-state index contributed by atoms with van der Waals surface area (Å²) in [5, 5.41) is 3.29. The molecule has 0 unspecified atom stereocenters. The second-order valence-corrected chi connectivity index (χ2v) is 5.25. The van der Waals surface area contributed by atoms with E-state index in [1.165, 1.54) is 6.07 Å². The topological polar surface area (TPSA) is 41.5 Å². The van der Waals surface area contributed by atoms with Crippen molar-refractivity contribution in [2.45, 2.75) is 13.0 Å². The summed E-state index contributed by atoms with van der Waals surface area (Å²) < 4.78 is 14.1. The number of benzodiazepines with no additional fused rings is 1. The predicted molar refractivity (Wildman–Crippen MR) is 81.6 cm³/mol. The quantitative estimate of drug-likeness (QED) is 0.858. The van der Waals surface area contributed by atoms with Gasteiger partial charge in [0.15, 0.2) is 0 Å². The van der Waals surface area contributed by atoms with Gasteiger partial charge in [-0.2, -0.15) is 0 Å². The van der Waals surface area contributed by atoms with Crippen LogP contribution in [0.5, 0.6) is 0 Å². The molecule has 1 aliphatic rings. The zero-order valence-electron chi connectivity index (χ0n) is 11.2. The van der Waals surface area contributed by atoms with Crippen molar-refractivity contribution in [3.8, 4) is 0 Å². The van der Waals surface area contributed by atoms with Gasteiger partial charge in [-0.3, -0.25) is 9.79 Å². The Balaban J connectivity index is 2.27. The molecule has 3 nitrogen and oxygen atoms in total. The minimum absolute atomic E-state index is 0.232. The average molecular weight is 303 g/mol. The molecule has 0 fully saturated rings. The highest BCUT2D eigenvalue weighted by Crippen LogP contribution is 2.27. The lowest BCUT2D eigenvalue weighted by Gasteiger charge is -2.11. The Kier molecular flexibility index (Phi) is 3.47. The molecule has 21 heavy (non-hydrogen) atoms. The first-order valence-electron chi connectivity index (χ1n) is 6.50. The Hall–Kier alpha value is -2.20. The number of hydrogen-bond acceptors (Lipinski definition) is 2. The third-order valence-corrected chi connectivity index (χ3v) is 3.56. The van der Waals surface area contributed by atoms with Gasteiger partial charge in [0.2, 0.25) is 5.91 Å². The molecule has 2 aromatic carbocycles. The molecule has 1 amide bonds. The molecule has 0 aliphatic carbocycles. The minimum Gasteiger partial charge on any atom is -0.324 e. The number of carbonyl (C=O) groups excluding carboxylic acids is 1. The molecule has 5 heteroatoms. The van der Waals surface area contributed by atoms with Crippen molar-refractivity contribution in [3.63, 3.8) is 0 Å². The summed E-state index contributed by atoms with van der Waals surface area (Å²) in [6.45, 7) is 1.67. The predicted octanol–water partition coefficient (Wildman–Crippen LogP) is 3.66. The minimum atomic E-state index is -0.606. The van der Waals surface area contributed by atoms with Gasteiger partial charge in [-0.15, -0.1) is 0 Å². The Morgan fingerprint density at radius 2 is 1.95 bits per heavy atom. The monoisotopic (exact) mass is 302 g/mol. The van der Waals surface area contributed by atoms with Crippen LogP contribution in [0, 0.1) is 5.82 Å². The molecule has 1 heterocycles. The Morgan fingerprint density at radius 1 is 1.19 bits per heavy atom. The highest BCUT2D eigenvalue weighted by Gasteiger charge is 2.24. The van der Waals surface area contributed by atoms with Crippen LogP contribution in [0.1, 0.15) is 18.1 Å². The molecule has 0 aromatic heterocycles. The fourth-order valence-corrected chi connectivity index (χ4v) is 2.42. The Bertz CT molecular complexity index is 758. The summed E-state index contributed by atoms with van der Waals surface area (Å²) in [6.07, 6.45) is 0. The van der Waals surface area contributed by atoms with Crippen molar-refractivity contribution in [2.24, 2.45) is 4.99 Å². The molecule has 1 aliphatic heterocycles. The van der Waals surface area contributed by atoms with Gasteiger partial charge in [-0.1, -0.05) is 23.7 Å². The standard InChI is InChI=1S/C16H12ClFN2O/c1-9-16(21)20-14-7-6-10(17)8-12(14)15(19-9)11-4-2-3-5-13(11)18/h2-9H,1H3,(H,20,21)/t9-/m0/s1. The lowest BCUT2D eigenvalue weighted by atomic mass is 10.00. The summed E-state index contributed by atoms with van der Waals surface area (Å²) in [6, 6.07) is 10.8. The molecule has 0 saturated heterocycles. The molecule has 0 spiro atoms. The largest absolute Gasteiger partial charge is 0.324 e. The number of carbonyl (C=O) groups is 1. The van der Waals surface area contributed by atoms with Crippen LogP contribution in [0.15, 0.2) is 47.5 Å². The number of fused-ring (bicyclic) bond motifs is 1. The smallest absolute Gasteiger partial charge is 0.248 e. The van der Waals surface area contributed by atoms with Gasteiger partial charge in [0.25, 0.3) is 0 Å². The summed E-state index contributed by atoms with van der Waals surface area (Å²) >= 11 is 6.03. The van der Waals surface area contributed by atoms with Crippen molar-refractivity contribution in [2.75, 3.05) is 5.32 Å². The second-order valence-electron chi connectivity index (χ2n) is 4.81. The van der Waals surface area contributed by atoms with E-state index in [1.807, 2.05) is 0 Å². The van der Waals surface area contributed by atoms with Crippen LogP contribution in [0.25, 0.3) is 0 Å². The molecule has 106 valence electrons. The van der Waals surface area contributed by atoms with E-state index in [2.05, 4.69) is 10.3 Å². The van der Waals surface area contributed by atoms with Gasteiger partial charge in [-0.25, -0.2) is 4.39 Å². The first-order chi connectivity index (χ1) is 10.1. The van der Waals surface area contributed by atoms with Crippen LogP contribution in [-0.4, -0.2) is 17.7 Å². The maximum atomic E-state index is 14.1. The van der Waals surface area contributed by atoms with Crippen LogP contribution in [0.3, 0.4) is 0 Å². The van der Waals surface area contributed by atoms with Crippen molar-refractivity contribution < 1.29 is 9.18 Å². The van der Waals surface area contributed by atoms with Gasteiger partial charge >= 0.3 is 0 Å². The van der Waals surface area contributed by atoms with E-state index in [1.54, 1.807) is 43.3 Å². The van der Waals surface area contributed by atoms with E-state index < -0.39 is 6.04 Å². The first-order valence-corrected chi connectivity index (χ1v) is 6.87. The summed E-state index contributed by atoms with van der Waals surface area (Å²) in [5.74, 6) is -0.617. The molecule has 3 rings (SSSR count). The van der Waals surface area contributed by atoms with E-state index in [9.17, 15) is 9.18 Å². The number of benzene rings is 2. The maximum Gasteiger partial charge on any atom is 0.248 e. The number of halogens is 2. The van der Waals surface area contributed by atoms with Crippen LogP contribution in [0.4, 0.5) is 10.1 Å². The molecular formula is C16H12ClFN2O. The maximum absolute atomic E-state index is 14.1. The zero-order chi connectivity index (χ0) is 15.0. The fourth-order valence-electron chi connectivity index (χ4n) is 2.25. The number of rotatable bonds is 1. The highest BCUT2D eigenvalue weighted by atomic mass is 35.5. The molecule has 0 bridgehead atoms. The summed E-state index contributed by atoms with van der Waals surface area (Å²) in [4.78, 5) is 16.4. The van der Waals surface area contributed by atoms with Crippen LogP contribution < -0.4 is 5.32 Å². The molecule has 1 N–H and O–H groups in total. The summed E-state index contributed by atoms with van der Waals surface area (Å²) in [5.41, 5.74) is 1.97. The molecule has 0 radical (unpaired) electrons. The number of hydrogen-bond donors (Lipinski definition) is 1. The highest BCUT2D eigenvalue weighted by molar-refractivity contribution is 6.32. The number of nitrogens with zero attached hydrogens (tertiary/aromatic N) is 1. The molecule has 1 atom stereocenters. The van der Waals surface area contributed by atoms with Crippen molar-refractivity contribution >= 4 is 28.9 Å². The fraction of sp³-hybridized carbons (Fsp3) is 0.125.